The van der Waals surface area contributed by atoms with Crippen LogP contribution in [0, 0.1) is 11.8 Å². The molecule has 2 fully saturated rings. The van der Waals surface area contributed by atoms with Crippen molar-refractivity contribution in [2.24, 2.45) is 11.8 Å². The molecule has 2 aliphatic carbocycles. The number of hydrogen-bond donors (Lipinski definition) is 0. The Hall–Kier alpha value is -1.37. The molecular formula is C16H17N. The zero-order valence-electron chi connectivity index (χ0n) is 9.97. The van der Waals surface area contributed by atoms with Crippen molar-refractivity contribution in [1.29, 1.82) is 0 Å². The zero-order valence-corrected chi connectivity index (χ0v) is 9.97. The lowest BCUT2D eigenvalue weighted by molar-refractivity contribution is 0.421. The SMILES string of the molecule is c1cnc2c([C@@H]3CC4CCC3C4)cccc2c1. The Morgan fingerprint density at radius 3 is 2.76 bits per heavy atom. The maximum absolute atomic E-state index is 4.61. The summed E-state index contributed by atoms with van der Waals surface area (Å²) in [7, 11) is 0. The highest BCUT2D eigenvalue weighted by atomic mass is 14.7. The van der Waals surface area contributed by atoms with Crippen LogP contribution >= 0.6 is 0 Å². The van der Waals surface area contributed by atoms with E-state index in [-0.39, 0.29) is 0 Å². The van der Waals surface area contributed by atoms with E-state index in [2.05, 4.69) is 29.2 Å². The summed E-state index contributed by atoms with van der Waals surface area (Å²) in [6.07, 6.45) is 7.71. The molecule has 0 spiro atoms. The first-order valence-corrected chi connectivity index (χ1v) is 6.75. The van der Waals surface area contributed by atoms with Crippen molar-refractivity contribution in [3.63, 3.8) is 0 Å². The first-order valence-electron chi connectivity index (χ1n) is 6.75. The van der Waals surface area contributed by atoms with Gasteiger partial charge < -0.3 is 0 Å². The fraction of sp³-hybridized carbons (Fsp3) is 0.438. The molecule has 0 aliphatic heterocycles. The second kappa shape index (κ2) is 3.56. The van der Waals surface area contributed by atoms with Crippen LogP contribution < -0.4 is 0 Å². The summed E-state index contributed by atoms with van der Waals surface area (Å²) >= 11 is 0. The largest absolute Gasteiger partial charge is 0.256 e. The first kappa shape index (κ1) is 9.64. The highest BCUT2D eigenvalue weighted by Gasteiger charge is 2.40. The van der Waals surface area contributed by atoms with Gasteiger partial charge in [0.25, 0.3) is 0 Å². The molecule has 2 aliphatic rings. The molecule has 86 valence electrons. The van der Waals surface area contributed by atoms with Crippen molar-refractivity contribution in [1.82, 2.24) is 4.98 Å². The predicted octanol–water partition coefficient (Wildman–Crippen LogP) is 4.14. The van der Waals surface area contributed by atoms with Gasteiger partial charge in [-0.25, -0.2) is 0 Å². The molecule has 1 heteroatoms. The normalized spacial score (nSPS) is 31.2. The van der Waals surface area contributed by atoms with E-state index in [4.69, 9.17) is 0 Å². The van der Waals surface area contributed by atoms with E-state index in [0.29, 0.717) is 0 Å². The van der Waals surface area contributed by atoms with Gasteiger partial charge in [0.15, 0.2) is 0 Å². The van der Waals surface area contributed by atoms with Crippen molar-refractivity contribution in [3.05, 3.63) is 42.1 Å². The number of pyridine rings is 1. The lowest BCUT2D eigenvalue weighted by Gasteiger charge is -2.22. The molecule has 0 radical (unpaired) electrons. The van der Waals surface area contributed by atoms with Crippen LogP contribution in [0.2, 0.25) is 0 Å². The van der Waals surface area contributed by atoms with Crippen LogP contribution in [0.25, 0.3) is 10.9 Å². The molecule has 1 aromatic heterocycles. The maximum Gasteiger partial charge on any atom is 0.0736 e. The summed E-state index contributed by atoms with van der Waals surface area (Å²) in [5, 5.41) is 1.30. The highest BCUT2D eigenvalue weighted by molar-refractivity contribution is 5.82. The molecule has 1 aromatic carbocycles. The van der Waals surface area contributed by atoms with Crippen molar-refractivity contribution < 1.29 is 0 Å². The monoisotopic (exact) mass is 223 g/mol. The van der Waals surface area contributed by atoms with Gasteiger partial charge in [-0.05, 0) is 48.6 Å². The second-order valence-corrected chi connectivity index (χ2v) is 5.70. The van der Waals surface area contributed by atoms with Crippen LogP contribution in [-0.4, -0.2) is 4.98 Å². The van der Waals surface area contributed by atoms with Gasteiger partial charge in [-0.15, -0.1) is 0 Å². The fourth-order valence-electron chi connectivity index (χ4n) is 4.05. The average molecular weight is 223 g/mol. The van der Waals surface area contributed by atoms with Crippen LogP contribution in [0.4, 0.5) is 0 Å². The van der Waals surface area contributed by atoms with E-state index < -0.39 is 0 Å². The Kier molecular flexibility index (Phi) is 2.02. The topological polar surface area (TPSA) is 12.9 Å². The van der Waals surface area contributed by atoms with Gasteiger partial charge in [0, 0.05) is 11.6 Å². The number of hydrogen-bond acceptors (Lipinski definition) is 1. The molecule has 1 heterocycles. The molecular weight excluding hydrogens is 206 g/mol. The smallest absolute Gasteiger partial charge is 0.0736 e. The number of aromatic nitrogens is 1. The third kappa shape index (κ3) is 1.41. The summed E-state index contributed by atoms with van der Waals surface area (Å²) in [4.78, 5) is 4.61. The van der Waals surface area contributed by atoms with E-state index in [0.717, 1.165) is 17.8 Å². The van der Waals surface area contributed by atoms with Gasteiger partial charge in [0.1, 0.15) is 0 Å². The molecule has 2 bridgehead atoms. The Balaban J connectivity index is 1.85. The second-order valence-electron chi connectivity index (χ2n) is 5.70. The van der Waals surface area contributed by atoms with Crippen molar-refractivity contribution in [2.45, 2.75) is 31.6 Å². The van der Waals surface area contributed by atoms with Gasteiger partial charge in [0.05, 0.1) is 5.52 Å². The average Bonchev–Trinajstić information content (AvgIpc) is 3.00. The molecule has 2 unspecified atom stereocenters. The number of fused-ring (bicyclic) bond motifs is 3. The van der Waals surface area contributed by atoms with Crippen LogP contribution in [0.15, 0.2) is 36.5 Å². The molecule has 1 nitrogen and oxygen atoms in total. The Morgan fingerprint density at radius 2 is 1.94 bits per heavy atom. The summed E-state index contributed by atoms with van der Waals surface area (Å²) in [5.74, 6) is 2.73. The van der Waals surface area contributed by atoms with Gasteiger partial charge in [-0.3, -0.25) is 4.98 Å². The van der Waals surface area contributed by atoms with E-state index in [1.807, 2.05) is 12.3 Å². The molecule has 2 saturated carbocycles. The zero-order chi connectivity index (χ0) is 11.2. The highest BCUT2D eigenvalue weighted by Crippen LogP contribution is 2.53. The number of benzene rings is 1. The molecule has 3 atom stereocenters. The Labute approximate surface area is 102 Å². The minimum atomic E-state index is 0.785. The van der Waals surface area contributed by atoms with Gasteiger partial charge in [-0.2, -0.15) is 0 Å². The third-order valence-corrected chi connectivity index (χ3v) is 4.80. The molecule has 0 saturated heterocycles. The summed E-state index contributed by atoms with van der Waals surface area (Å²) in [6, 6.07) is 10.9. The summed E-state index contributed by atoms with van der Waals surface area (Å²) in [5.41, 5.74) is 2.75. The first-order chi connectivity index (χ1) is 8.42. The van der Waals surface area contributed by atoms with E-state index in [1.54, 1.807) is 0 Å². The number of para-hydroxylation sites is 1. The summed E-state index contributed by atoms with van der Waals surface area (Å²) < 4.78 is 0. The minimum absolute atomic E-state index is 0.785. The van der Waals surface area contributed by atoms with Crippen LogP contribution in [0.3, 0.4) is 0 Å². The maximum atomic E-state index is 4.61. The van der Waals surface area contributed by atoms with Crippen LogP contribution in [-0.2, 0) is 0 Å². The third-order valence-electron chi connectivity index (χ3n) is 4.80. The van der Waals surface area contributed by atoms with Crippen molar-refractivity contribution >= 4 is 10.9 Å². The van der Waals surface area contributed by atoms with Crippen LogP contribution in [0.5, 0.6) is 0 Å². The van der Waals surface area contributed by atoms with Gasteiger partial charge >= 0.3 is 0 Å². The molecule has 0 N–H and O–H groups in total. The quantitative estimate of drug-likeness (QED) is 0.708. The predicted molar refractivity (Wildman–Crippen MR) is 69.9 cm³/mol. The van der Waals surface area contributed by atoms with Crippen molar-refractivity contribution in [2.75, 3.05) is 0 Å². The lowest BCUT2D eigenvalue weighted by atomic mass is 9.82. The van der Waals surface area contributed by atoms with Gasteiger partial charge in [-0.1, -0.05) is 30.7 Å². The van der Waals surface area contributed by atoms with E-state index in [9.17, 15) is 0 Å². The Morgan fingerprint density at radius 1 is 1.00 bits per heavy atom. The molecule has 17 heavy (non-hydrogen) atoms. The lowest BCUT2D eigenvalue weighted by Crippen LogP contribution is -2.09. The molecule has 0 amide bonds. The molecule has 2 aromatic rings. The summed E-state index contributed by atoms with van der Waals surface area (Å²) in [6.45, 7) is 0. The van der Waals surface area contributed by atoms with Crippen LogP contribution in [0.1, 0.15) is 37.2 Å². The Bertz CT molecular complexity index is 555. The number of nitrogens with zero attached hydrogens (tertiary/aromatic N) is 1. The molecule has 4 rings (SSSR count). The van der Waals surface area contributed by atoms with Crippen molar-refractivity contribution in [3.8, 4) is 0 Å². The van der Waals surface area contributed by atoms with E-state index in [1.165, 1.54) is 42.1 Å². The van der Waals surface area contributed by atoms with E-state index >= 15 is 0 Å². The van der Waals surface area contributed by atoms with Gasteiger partial charge in [0.2, 0.25) is 0 Å². The number of rotatable bonds is 1. The minimum Gasteiger partial charge on any atom is -0.256 e. The standard InChI is InChI=1S/C16H17N/c1-3-12-4-2-8-17-16(12)14(5-1)15-10-11-6-7-13(15)9-11/h1-5,8,11,13,15H,6-7,9-10H2/t11?,13?,15-/m1/s1. The fourth-order valence-corrected chi connectivity index (χ4v) is 4.05.